The van der Waals surface area contributed by atoms with Gasteiger partial charge >= 0.3 is 0 Å². The van der Waals surface area contributed by atoms with Gasteiger partial charge in [0.25, 0.3) is 0 Å². The molecule has 4 aromatic carbocycles. The number of hydrogen-bond donors (Lipinski definition) is 2. The van der Waals surface area contributed by atoms with Gasteiger partial charge in [0.05, 0.1) is 31.4 Å². The van der Waals surface area contributed by atoms with E-state index in [2.05, 4.69) is 0 Å². The average molecular weight is 463 g/mol. The van der Waals surface area contributed by atoms with Gasteiger partial charge in [0.1, 0.15) is 11.5 Å². The number of hydrogen-bond acceptors (Lipinski definition) is 4. The highest BCUT2D eigenvalue weighted by Crippen LogP contribution is 2.42. The van der Waals surface area contributed by atoms with E-state index < -0.39 is 21.6 Å². The van der Waals surface area contributed by atoms with Crippen LogP contribution in [-0.4, -0.2) is 18.6 Å². The molecule has 0 bridgehead atoms. The average Bonchev–Trinajstić information content (AvgIpc) is 2.80. The highest BCUT2D eigenvalue weighted by Gasteiger charge is 2.21. The van der Waals surface area contributed by atoms with Crippen LogP contribution < -0.4 is 0 Å². The van der Waals surface area contributed by atoms with Crippen molar-refractivity contribution in [1.82, 2.24) is 0 Å². The van der Waals surface area contributed by atoms with Crippen molar-refractivity contribution in [1.29, 1.82) is 0 Å². The second-order valence-electron chi connectivity index (χ2n) is 7.47. The Morgan fingerprint density at radius 3 is 1.22 bits per heavy atom. The zero-order valence-electron chi connectivity index (χ0n) is 17.6. The molecule has 0 heterocycles. The minimum absolute atomic E-state index is 0.181. The summed E-state index contributed by atoms with van der Waals surface area (Å²) in [5, 5.41) is 21.9. The van der Waals surface area contributed by atoms with Gasteiger partial charge in [0.15, 0.2) is 0 Å². The van der Waals surface area contributed by atoms with Gasteiger partial charge in [-0.2, -0.15) is 0 Å². The number of benzene rings is 4. The van der Waals surface area contributed by atoms with Gasteiger partial charge in [-0.1, -0.05) is 59.7 Å². The molecule has 4 rings (SSSR count). The van der Waals surface area contributed by atoms with Crippen molar-refractivity contribution in [3.05, 3.63) is 96.1 Å². The van der Waals surface area contributed by atoms with Crippen molar-refractivity contribution in [2.24, 2.45) is 0 Å². The summed E-state index contributed by atoms with van der Waals surface area (Å²) in [5.74, 6) is -0.361. The van der Waals surface area contributed by atoms with Gasteiger partial charge in [0.2, 0.25) is 0 Å². The van der Waals surface area contributed by atoms with Crippen LogP contribution >= 0.6 is 0 Å². The second-order valence-corrected chi connectivity index (χ2v) is 10.4. The van der Waals surface area contributed by atoms with E-state index in [9.17, 15) is 18.6 Å². The number of rotatable bonds is 5. The van der Waals surface area contributed by atoms with E-state index in [1.807, 2.05) is 38.1 Å². The monoisotopic (exact) mass is 462 g/mol. The van der Waals surface area contributed by atoms with Crippen LogP contribution in [0.1, 0.15) is 11.1 Å². The number of para-hydroxylation sites is 2. The summed E-state index contributed by atoms with van der Waals surface area (Å²) >= 11 is 0. The lowest BCUT2D eigenvalue weighted by Gasteiger charge is -2.13. The molecular weight excluding hydrogens is 440 g/mol. The first kappa shape index (κ1) is 22.0. The molecule has 0 amide bonds. The van der Waals surface area contributed by atoms with Crippen LogP contribution in [-0.2, 0) is 21.6 Å². The van der Waals surface area contributed by atoms with Gasteiger partial charge < -0.3 is 10.2 Å². The molecule has 0 saturated carbocycles. The first-order chi connectivity index (χ1) is 15.4. The molecular formula is C26H22O4S2. The van der Waals surface area contributed by atoms with Crippen molar-refractivity contribution in [2.75, 3.05) is 0 Å². The summed E-state index contributed by atoms with van der Waals surface area (Å²) < 4.78 is 26.1. The van der Waals surface area contributed by atoms with Crippen LogP contribution in [0.25, 0.3) is 11.1 Å². The second kappa shape index (κ2) is 9.10. The predicted octanol–water partition coefficient (Wildman–Crippen LogP) is 5.72. The molecule has 2 atom stereocenters. The number of phenols is 2. The quantitative estimate of drug-likeness (QED) is 0.398. The van der Waals surface area contributed by atoms with Crippen molar-refractivity contribution in [3.8, 4) is 22.6 Å². The smallest absolute Gasteiger partial charge is 0.140 e. The zero-order chi connectivity index (χ0) is 22.8. The Balaban J connectivity index is 1.76. The molecule has 162 valence electrons. The highest BCUT2D eigenvalue weighted by molar-refractivity contribution is 7.85. The third-order valence-electron chi connectivity index (χ3n) is 5.16. The van der Waals surface area contributed by atoms with E-state index >= 15 is 0 Å². The minimum atomic E-state index is -1.60. The van der Waals surface area contributed by atoms with Crippen LogP contribution in [0.4, 0.5) is 0 Å². The molecule has 0 aromatic heterocycles. The predicted molar refractivity (Wildman–Crippen MR) is 127 cm³/mol. The number of aryl methyl sites for hydroxylation is 2. The van der Waals surface area contributed by atoms with Crippen LogP contribution in [0.2, 0.25) is 0 Å². The Morgan fingerprint density at radius 2 is 0.875 bits per heavy atom. The molecule has 6 heteroatoms. The summed E-state index contributed by atoms with van der Waals surface area (Å²) in [4.78, 5) is 1.63. The largest absolute Gasteiger partial charge is 0.506 e. The van der Waals surface area contributed by atoms with Crippen LogP contribution in [0.5, 0.6) is 11.5 Å². The van der Waals surface area contributed by atoms with Crippen molar-refractivity contribution >= 4 is 21.6 Å². The van der Waals surface area contributed by atoms with Crippen molar-refractivity contribution in [2.45, 2.75) is 33.4 Å². The Morgan fingerprint density at radius 1 is 0.531 bits per heavy atom. The summed E-state index contributed by atoms with van der Waals surface area (Å²) in [6.45, 7) is 3.89. The van der Waals surface area contributed by atoms with Crippen LogP contribution in [0.15, 0.2) is 105 Å². The fourth-order valence-electron chi connectivity index (χ4n) is 3.36. The van der Waals surface area contributed by atoms with E-state index in [1.165, 1.54) is 0 Å². The van der Waals surface area contributed by atoms with Gasteiger partial charge in [-0.3, -0.25) is 0 Å². The van der Waals surface area contributed by atoms with E-state index in [0.717, 1.165) is 11.1 Å². The Labute approximate surface area is 192 Å². The summed E-state index contributed by atoms with van der Waals surface area (Å²) in [6.07, 6.45) is 0. The molecule has 4 aromatic rings. The number of phenolic OH excluding ortho intramolecular Hbond substituents is 2. The topological polar surface area (TPSA) is 74.6 Å². The van der Waals surface area contributed by atoms with E-state index in [0.29, 0.717) is 20.9 Å². The SMILES string of the molecule is Cc1ccc(S(=O)c2cccc(-c3cccc(S(=O)c4ccc(C)cc4)c3O)c2O)cc1. The first-order valence-corrected chi connectivity index (χ1v) is 12.3. The fraction of sp³-hybridized carbons (Fsp3) is 0.0769. The van der Waals surface area contributed by atoms with Crippen molar-refractivity contribution in [3.63, 3.8) is 0 Å². The Bertz CT molecular complexity index is 1220. The fourth-order valence-corrected chi connectivity index (χ4v) is 5.61. The first-order valence-electron chi connectivity index (χ1n) is 9.98. The standard InChI is InChI=1S/C26H22O4S2/c1-17-9-13-19(14-10-17)31(29)23-7-3-5-21(25(23)27)22-6-4-8-24(26(22)28)32(30)20-15-11-18(2)12-16-20/h3-16,27-28H,1-2H3. The number of aromatic hydroxyl groups is 2. The molecule has 2 N–H and O–H groups in total. The van der Waals surface area contributed by atoms with E-state index in [4.69, 9.17) is 0 Å². The van der Waals surface area contributed by atoms with Crippen LogP contribution in [0, 0.1) is 13.8 Å². The highest BCUT2D eigenvalue weighted by atomic mass is 32.2. The molecule has 0 radical (unpaired) electrons. The molecule has 32 heavy (non-hydrogen) atoms. The maximum atomic E-state index is 13.1. The zero-order valence-corrected chi connectivity index (χ0v) is 19.2. The molecule has 0 fully saturated rings. The molecule has 4 nitrogen and oxygen atoms in total. The van der Waals surface area contributed by atoms with Gasteiger partial charge in [0, 0.05) is 20.9 Å². The maximum absolute atomic E-state index is 13.1. The normalized spacial score (nSPS) is 12.9. The van der Waals surface area contributed by atoms with Gasteiger partial charge in [-0.05, 0) is 50.2 Å². The van der Waals surface area contributed by atoms with Crippen molar-refractivity contribution < 1.29 is 18.6 Å². The summed E-state index contributed by atoms with van der Waals surface area (Å²) in [5.41, 5.74) is 2.74. The Hall–Kier alpha value is -3.22. The molecule has 0 spiro atoms. The van der Waals surface area contributed by atoms with E-state index in [1.54, 1.807) is 60.7 Å². The lowest BCUT2D eigenvalue weighted by Crippen LogP contribution is -1.97. The minimum Gasteiger partial charge on any atom is -0.506 e. The van der Waals surface area contributed by atoms with Gasteiger partial charge in [-0.15, -0.1) is 0 Å². The molecule has 0 aliphatic carbocycles. The molecule has 0 saturated heterocycles. The van der Waals surface area contributed by atoms with E-state index in [-0.39, 0.29) is 21.3 Å². The Kier molecular flexibility index (Phi) is 6.26. The molecule has 0 aliphatic heterocycles. The summed E-state index contributed by atoms with van der Waals surface area (Å²) in [6, 6.07) is 24.3. The molecule has 2 unspecified atom stereocenters. The van der Waals surface area contributed by atoms with Gasteiger partial charge in [-0.25, -0.2) is 8.42 Å². The van der Waals surface area contributed by atoms with Crippen LogP contribution in [0.3, 0.4) is 0 Å². The lowest BCUT2D eigenvalue weighted by atomic mass is 10.0. The summed E-state index contributed by atoms with van der Waals surface area (Å²) in [7, 11) is -3.19. The molecule has 0 aliphatic rings. The maximum Gasteiger partial charge on any atom is 0.140 e. The third-order valence-corrected chi connectivity index (χ3v) is 8.02. The lowest BCUT2D eigenvalue weighted by molar-refractivity contribution is 0.454. The third kappa shape index (κ3) is 4.24.